The van der Waals surface area contributed by atoms with Crippen molar-refractivity contribution in [2.24, 2.45) is 16.6 Å². The highest BCUT2D eigenvalue weighted by molar-refractivity contribution is 5.80. The van der Waals surface area contributed by atoms with Crippen LogP contribution in [0, 0.1) is 5.92 Å². The molecule has 156 valence electrons. The third-order valence-electron chi connectivity index (χ3n) is 5.28. The van der Waals surface area contributed by atoms with Gasteiger partial charge in [-0.15, -0.1) is 0 Å². The van der Waals surface area contributed by atoms with Gasteiger partial charge in [0.2, 0.25) is 5.91 Å². The number of piperidine rings is 1. The molecule has 1 aromatic rings. The number of hydrogen-bond acceptors (Lipinski definition) is 4. The van der Waals surface area contributed by atoms with E-state index in [2.05, 4.69) is 45.4 Å². The lowest BCUT2D eigenvalue weighted by atomic mass is 9.97. The summed E-state index contributed by atoms with van der Waals surface area (Å²) in [6.07, 6.45) is 8.47. The summed E-state index contributed by atoms with van der Waals surface area (Å²) < 4.78 is 0. The van der Waals surface area contributed by atoms with Crippen LogP contribution >= 0.6 is 0 Å². The topological polar surface area (TPSA) is 95.6 Å². The maximum Gasteiger partial charge on any atom is 0.222 e. The van der Waals surface area contributed by atoms with Crippen LogP contribution in [0.25, 0.3) is 0 Å². The zero-order chi connectivity index (χ0) is 20.4. The third-order valence-corrected chi connectivity index (χ3v) is 5.28. The lowest BCUT2D eigenvalue weighted by Crippen LogP contribution is -2.43. The quantitative estimate of drug-likeness (QED) is 0.343. The fraction of sp³-hybridized carbons (Fsp3) is 0.667. The first-order chi connectivity index (χ1) is 13.5. The SMILES string of the molecule is CCCCCC(C)NC(=NC)NCc1cccnc1N1CCCC(C(N)=O)C1. The minimum absolute atomic E-state index is 0.102. The van der Waals surface area contributed by atoms with Gasteiger partial charge in [-0.3, -0.25) is 9.79 Å². The Hall–Kier alpha value is -2.31. The number of nitrogens with two attached hydrogens (primary N) is 1. The molecule has 28 heavy (non-hydrogen) atoms. The number of amides is 1. The summed E-state index contributed by atoms with van der Waals surface area (Å²) in [4.78, 5) is 22.7. The second-order valence-electron chi connectivity index (χ2n) is 7.64. The average Bonchev–Trinajstić information content (AvgIpc) is 2.71. The molecule has 7 heteroatoms. The van der Waals surface area contributed by atoms with Crippen LogP contribution in [-0.2, 0) is 11.3 Å². The Kier molecular flexibility index (Phi) is 9.04. The second-order valence-corrected chi connectivity index (χ2v) is 7.64. The highest BCUT2D eigenvalue weighted by Gasteiger charge is 2.26. The average molecular weight is 389 g/mol. The van der Waals surface area contributed by atoms with E-state index in [-0.39, 0.29) is 11.8 Å². The van der Waals surface area contributed by atoms with Crippen molar-refractivity contribution in [3.8, 4) is 0 Å². The van der Waals surface area contributed by atoms with Crippen molar-refractivity contribution in [1.82, 2.24) is 15.6 Å². The normalized spacial score (nSPS) is 18.6. The first kappa shape index (κ1) is 22.0. The Labute approximate surface area is 169 Å². The smallest absolute Gasteiger partial charge is 0.222 e. The Morgan fingerprint density at radius 2 is 2.29 bits per heavy atom. The van der Waals surface area contributed by atoms with Crippen molar-refractivity contribution in [3.63, 3.8) is 0 Å². The molecule has 1 amide bonds. The zero-order valence-electron chi connectivity index (χ0n) is 17.6. The van der Waals surface area contributed by atoms with E-state index in [1.54, 1.807) is 13.2 Å². The summed E-state index contributed by atoms with van der Waals surface area (Å²) in [5.41, 5.74) is 6.62. The number of nitrogens with one attached hydrogen (secondary N) is 2. The number of guanidine groups is 1. The molecule has 2 rings (SSSR count). The first-order valence-corrected chi connectivity index (χ1v) is 10.5. The van der Waals surface area contributed by atoms with Gasteiger partial charge in [-0.2, -0.15) is 0 Å². The summed E-state index contributed by atoms with van der Waals surface area (Å²) in [5.74, 6) is 1.40. The molecule has 1 fully saturated rings. The fourth-order valence-corrected chi connectivity index (χ4v) is 3.63. The number of primary amides is 1. The number of hydrogen-bond donors (Lipinski definition) is 3. The lowest BCUT2D eigenvalue weighted by molar-refractivity contribution is -0.122. The molecule has 0 spiro atoms. The minimum atomic E-state index is -0.220. The van der Waals surface area contributed by atoms with E-state index in [0.29, 0.717) is 19.1 Å². The van der Waals surface area contributed by atoms with Crippen molar-refractivity contribution < 1.29 is 4.79 Å². The van der Waals surface area contributed by atoms with Crippen LogP contribution in [0.15, 0.2) is 23.3 Å². The summed E-state index contributed by atoms with van der Waals surface area (Å²) >= 11 is 0. The number of carbonyl (C=O) groups excluding carboxylic acids is 1. The maximum atomic E-state index is 11.6. The molecule has 2 atom stereocenters. The molecule has 0 bridgehead atoms. The number of anilines is 1. The van der Waals surface area contributed by atoms with E-state index >= 15 is 0 Å². The van der Waals surface area contributed by atoms with Crippen LogP contribution in [0.5, 0.6) is 0 Å². The first-order valence-electron chi connectivity index (χ1n) is 10.5. The summed E-state index contributed by atoms with van der Waals surface area (Å²) in [7, 11) is 1.79. The molecule has 0 aliphatic carbocycles. The van der Waals surface area contributed by atoms with Gasteiger partial charge in [0.15, 0.2) is 5.96 Å². The van der Waals surface area contributed by atoms with Crippen LogP contribution in [0.1, 0.15) is 57.9 Å². The third kappa shape index (κ3) is 6.69. The molecule has 4 N–H and O–H groups in total. The predicted molar refractivity (Wildman–Crippen MR) is 115 cm³/mol. The molecule has 2 heterocycles. The molecule has 1 aliphatic heterocycles. The molecule has 1 aromatic heterocycles. The number of nitrogens with zero attached hydrogens (tertiary/aromatic N) is 3. The van der Waals surface area contributed by atoms with E-state index in [1.807, 2.05) is 6.07 Å². The predicted octanol–water partition coefficient (Wildman–Crippen LogP) is 2.42. The van der Waals surface area contributed by atoms with Gasteiger partial charge in [-0.25, -0.2) is 4.98 Å². The number of aliphatic imine (C=N–C) groups is 1. The van der Waals surface area contributed by atoms with Crippen LogP contribution in [0.3, 0.4) is 0 Å². The molecule has 0 saturated carbocycles. The molecule has 2 unspecified atom stereocenters. The van der Waals surface area contributed by atoms with Gasteiger partial charge < -0.3 is 21.3 Å². The summed E-state index contributed by atoms with van der Waals surface area (Å²) in [6.45, 7) is 6.58. The zero-order valence-corrected chi connectivity index (χ0v) is 17.6. The highest BCUT2D eigenvalue weighted by atomic mass is 16.1. The lowest BCUT2D eigenvalue weighted by Gasteiger charge is -2.33. The molecule has 1 aliphatic rings. The van der Waals surface area contributed by atoms with E-state index < -0.39 is 0 Å². The summed E-state index contributed by atoms with van der Waals surface area (Å²) in [5, 5.41) is 6.86. The van der Waals surface area contributed by atoms with Crippen LogP contribution in [-0.4, -0.2) is 43.0 Å². The Bertz CT molecular complexity index is 648. The molecular formula is C21H36N6O. The number of aromatic nitrogens is 1. The second kappa shape index (κ2) is 11.5. The number of pyridine rings is 1. The molecule has 0 radical (unpaired) electrons. The van der Waals surface area contributed by atoms with E-state index in [1.165, 1.54) is 19.3 Å². The van der Waals surface area contributed by atoms with Crippen molar-refractivity contribution in [1.29, 1.82) is 0 Å². The van der Waals surface area contributed by atoms with Crippen molar-refractivity contribution in [3.05, 3.63) is 23.9 Å². The number of rotatable bonds is 9. The van der Waals surface area contributed by atoms with Gasteiger partial charge in [0.1, 0.15) is 5.82 Å². The molecule has 7 nitrogen and oxygen atoms in total. The maximum absolute atomic E-state index is 11.6. The summed E-state index contributed by atoms with van der Waals surface area (Å²) in [6, 6.07) is 4.39. The van der Waals surface area contributed by atoms with E-state index in [4.69, 9.17) is 5.73 Å². The molecule has 0 aromatic carbocycles. The van der Waals surface area contributed by atoms with E-state index in [0.717, 1.165) is 43.1 Å². The van der Waals surface area contributed by atoms with Gasteiger partial charge in [0, 0.05) is 44.5 Å². The Morgan fingerprint density at radius 3 is 3.00 bits per heavy atom. The van der Waals surface area contributed by atoms with Gasteiger partial charge >= 0.3 is 0 Å². The monoisotopic (exact) mass is 388 g/mol. The molecule has 1 saturated heterocycles. The number of unbranched alkanes of at least 4 members (excludes halogenated alkanes) is 2. The molecular weight excluding hydrogens is 352 g/mol. The Morgan fingerprint density at radius 1 is 1.46 bits per heavy atom. The number of carbonyl (C=O) groups is 1. The van der Waals surface area contributed by atoms with E-state index in [9.17, 15) is 4.79 Å². The van der Waals surface area contributed by atoms with Crippen molar-refractivity contribution >= 4 is 17.7 Å². The van der Waals surface area contributed by atoms with Crippen LogP contribution in [0.2, 0.25) is 0 Å². The highest BCUT2D eigenvalue weighted by Crippen LogP contribution is 2.24. The van der Waals surface area contributed by atoms with Crippen molar-refractivity contribution in [2.75, 3.05) is 25.0 Å². The standard InChI is InChI=1S/C21H36N6O/c1-4-5-6-9-16(2)26-21(23-3)25-14-17-10-7-12-24-20(17)27-13-8-11-18(15-27)19(22)28/h7,10,12,16,18H,4-6,8-9,11,13-15H2,1-3H3,(H2,22,28)(H2,23,25,26). The van der Waals surface area contributed by atoms with Gasteiger partial charge in [-0.05, 0) is 32.3 Å². The largest absolute Gasteiger partial charge is 0.369 e. The van der Waals surface area contributed by atoms with Gasteiger partial charge in [0.25, 0.3) is 0 Å². The van der Waals surface area contributed by atoms with Crippen LogP contribution < -0.4 is 21.3 Å². The fourth-order valence-electron chi connectivity index (χ4n) is 3.63. The van der Waals surface area contributed by atoms with Crippen molar-refractivity contribution in [2.45, 2.75) is 65.0 Å². The van der Waals surface area contributed by atoms with Gasteiger partial charge in [0.05, 0.1) is 5.92 Å². The minimum Gasteiger partial charge on any atom is -0.369 e. The van der Waals surface area contributed by atoms with Gasteiger partial charge in [-0.1, -0.05) is 32.3 Å². The van der Waals surface area contributed by atoms with Crippen LogP contribution in [0.4, 0.5) is 5.82 Å². The Balaban J connectivity index is 1.96.